The molecule has 1 aliphatic rings. The zero-order chi connectivity index (χ0) is 18.5. The summed E-state index contributed by atoms with van der Waals surface area (Å²) in [6.45, 7) is 0.596. The molecule has 2 aromatic rings. The number of anilines is 1. The van der Waals surface area contributed by atoms with Crippen LogP contribution < -0.4 is 5.32 Å². The maximum absolute atomic E-state index is 13.0. The molecule has 0 spiro atoms. The average Bonchev–Trinajstić information content (AvgIpc) is 2.64. The Bertz CT molecular complexity index is 811. The molecule has 0 saturated carbocycles. The summed E-state index contributed by atoms with van der Waals surface area (Å²) in [4.78, 5) is 43.0. The van der Waals surface area contributed by atoms with E-state index in [4.69, 9.17) is 0 Å². The summed E-state index contributed by atoms with van der Waals surface area (Å²) < 4.78 is 13.0. The van der Waals surface area contributed by atoms with Gasteiger partial charge >= 0.3 is 11.8 Å². The van der Waals surface area contributed by atoms with Crippen molar-refractivity contribution < 1.29 is 18.8 Å². The van der Waals surface area contributed by atoms with Crippen LogP contribution in [0.5, 0.6) is 0 Å². The van der Waals surface area contributed by atoms with E-state index in [1.165, 1.54) is 21.9 Å². The number of amides is 3. The van der Waals surface area contributed by atoms with Gasteiger partial charge in [-0.1, -0.05) is 12.1 Å². The number of halogens is 1. The van der Waals surface area contributed by atoms with E-state index < -0.39 is 11.8 Å². The third-order valence-electron chi connectivity index (χ3n) is 3.98. The van der Waals surface area contributed by atoms with E-state index in [1.807, 2.05) is 0 Å². The molecule has 8 heteroatoms. The summed E-state index contributed by atoms with van der Waals surface area (Å²) in [5.41, 5.74) is 1.30. The molecular formula is C18H17FN4O3. The predicted molar refractivity (Wildman–Crippen MR) is 91.3 cm³/mol. The van der Waals surface area contributed by atoms with Crippen LogP contribution in [0.25, 0.3) is 0 Å². The smallest absolute Gasteiger partial charge is 0.312 e. The minimum atomic E-state index is -0.719. The molecule has 7 nitrogen and oxygen atoms in total. The Balaban J connectivity index is 1.56. The lowest BCUT2D eigenvalue weighted by Gasteiger charge is -2.33. The SMILES string of the molecule is O=C(CN1CCN(Cc2ccc(F)cc2)C(=O)C1=O)Nc1ccncc1. The molecule has 26 heavy (non-hydrogen) atoms. The number of benzene rings is 1. The molecule has 2 heterocycles. The second-order valence-corrected chi connectivity index (χ2v) is 5.86. The molecular weight excluding hydrogens is 339 g/mol. The molecule has 0 aliphatic carbocycles. The van der Waals surface area contributed by atoms with E-state index in [0.717, 1.165) is 5.56 Å². The first-order chi connectivity index (χ1) is 12.5. The highest BCUT2D eigenvalue weighted by Gasteiger charge is 2.33. The molecule has 1 aromatic carbocycles. The van der Waals surface area contributed by atoms with Crippen molar-refractivity contribution in [3.05, 3.63) is 60.2 Å². The van der Waals surface area contributed by atoms with Gasteiger partial charge in [0.1, 0.15) is 12.4 Å². The topological polar surface area (TPSA) is 82.6 Å². The fraction of sp³-hybridized carbons (Fsp3) is 0.222. The third kappa shape index (κ3) is 4.21. The molecule has 1 fully saturated rings. The van der Waals surface area contributed by atoms with Crippen molar-refractivity contribution >= 4 is 23.4 Å². The molecule has 3 amide bonds. The lowest BCUT2D eigenvalue weighted by molar-refractivity contribution is -0.157. The van der Waals surface area contributed by atoms with Crippen LogP contribution in [-0.4, -0.2) is 52.1 Å². The quantitative estimate of drug-likeness (QED) is 0.812. The number of carbonyl (C=O) groups is 3. The van der Waals surface area contributed by atoms with Crippen molar-refractivity contribution in [2.75, 3.05) is 25.0 Å². The highest BCUT2D eigenvalue weighted by Crippen LogP contribution is 2.12. The van der Waals surface area contributed by atoms with Gasteiger partial charge in [-0.05, 0) is 29.8 Å². The number of nitrogens with one attached hydrogen (secondary N) is 1. The van der Waals surface area contributed by atoms with Gasteiger partial charge in [0.15, 0.2) is 0 Å². The van der Waals surface area contributed by atoms with E-state index in [1.54, 1.807) is 36.7 Å². The molecule has 1 aromatic heterocycles. The Morgan fingerprint density at radius 1 is 1.00 bits per heavy atom. The van der Waals surface area contributed by atoms with Gasteiger partial charge in [-0.2, -0.15) is 0 Å². The Morgan fingerprint density at radius 2 is 1.62 bits per heavy atom. The normalized spacial score (nSPS) is 14.5. The minimum Gasteiger partial charge on any atom is -0.328 e. The molecule has 134 valence electrons. The van der Waals surface area contributed by atoms with Crippen LogP contribution in [0.15, 0.2) is 48.8 Å². The van der Waals surface area contributed by atoms with E-state index in [9.17, 15) is 18.8 Å². The zero-order valence-electron chi connectivity index (χ0n) is 13.9. The van der Waals surface area contributed by atoms with Gasteiger partial charge in [0.25, 0.3) is 0 Å². The van der Waals surface area contributed by atoms with E-state index in [2.05, 4.69) is 10.3 Å². The van der Waals surface area contributed by atoms with Gasteiger partial charge in [0.2, 0.25) is 5.91 Å². The van der Waals surface area contributed by atoms with Crippen LogP contribution in [0.1, 0.15) is 5.56 Å². The Labute approximate surface area is 149 Å². The van der Waals surface area contributed by atoms with Crippen LogP contribution in [0.2, 0.25) is 0 Å². The maximum atomic E-state index is 13.0. The molecule has 0 radical (unpaired) electrons. The van der Waals surface area contributed by atoms with Crippen molar-refractivity contribution in [2.24, 2.45) is 0 Å². The minimum absolute atomic E-state index is 0.197. The number of hydrogen-bond donors (Lipinski definition) is 1. The van der Waals surface area contributed by atoms with Crippen molar-refractivity contribution in [1.29, 1.82) is 0 Å². The third-order valence-corrected chi connectivity index (χ3v) is 3.98. The standard InChI is InChI=1S/C18H17FN4O3/c19-14-3-1-13(2-4-14)11-22-9-10-23(18(26)17(22)25)12-16(24)21-15-5-7-20-8-6-15/h1-8H,9-12H2,(H,20,21,24). The number of rotatable bonds is 5. The highest BCUT2D eigenvalue weighted by atomic mass is 19.1. The number of piperazine rings is 1. The summed E-state index contributed by atoms with van der Waals surface area (Å²) in [6, 6.07) is 9.02. The number of carbonyl (C=O) groups excluding carboxylic acids is 3. The van der Waals surface area contributed by atoms with Crippen molar-refractivity contribution in [3.63, 3.8) is 0 Å². The summed E-state index contributed by atoms with van der Waals surface area (Å²) in [5.74, 6) is -2.13. The first kappa shape index (κ1) is 17.5. The second-order valence-electron chi connectivity index (χ2n) is 5.86. The predicted octanol–water partition coefficient (Wildman–Crippen LogP) is 1.03. The second kappa shape index (κ2) is 7.73. The Morgan fingerprint density at radius 3 is 2.31 bits per heavy atom. The average molecular weight is 356 g/mol. The van der Waals surface area contributed by atoms with E-state index in [0.29, 0.717) is 12.2 Å². The number of pyridine rings is 1. The summed E-state index contributed by atoms with van der Waals surface area (Å²) in [6.07, 6.45) is 3.08. The van der Waals surface area contributed by atoms with Gasteiger partial charge in [-0.25, -0.2) is 4.39 Å². The van der Waals surface area contributed by atoms with Gasteiger partial charge in [-0.3, -0.25) is 19.4 Å². The molecule has 0 atom stereocenters. The summed E-state index contributed by atoms with van der Waals surface area (Å²) in [7, 11) is 0. The fourth-order valence-corrected chi connectivity index (χ4v) is 2.64. The molecule has 1 saturated heterocycles. The maximum Gasteiger partial charge on any atom is 0.312 e. The van der Waals surface area contributed by atoms with E-state index in [-0.39, 0.29) is 31.4 Å². The molecule has 1 aliphatic heterocycles. The fourth-order valence-electron chi connectivity index (χ4n) is 2.64. The number of nitrogens with zero attached hydrogens (tertiary/aromatic N) is 3. The van der Waals surface area contributed by atoms with Crippen molar-refractivity contribution in [3.8, 4) is 0 Å². The molecule has 0 bridgehead atoms. The van der Waals surface area contributed by atoms with Crippen molar-refractivity contribution in [1.82, 2.24) is 14.8 Å². The van der Waals surface area contributed by atoms with Crippen LogP contribution in [-0.2, 0) is 20.9 Å². The zero-order valence-corrected chi connectivity index (χ0v) is 13.9. The lowest BCUT2D eigenvalue weighted by atomic mass is 10.2. The molecule has 3 rings (SSSR count). The molecule has 0 unspecified atom stereocenters. The Hall–Kier alpha value is -3.29. The number of hydrogen-bond acceptors (Lipinski definition) is 4. The highest BCUT2D eigenvalue weighted by molar-refractivity contribution is 6.35. The van der Waals surface area contributed by atoms with Crippen LogP contribution >= 0.6 is 0 Å². The lowest BCUT2D eigenvalue weighted by Crippen LogP contribution is -2.55. The van der Waals surface area contributed by atoms with Gasteiger partial charge in [0, 0.05) is 37.7 Å². The van der Waals surface area contributed by atoms with E-state index >= 15 is 0 Å². The van der Waals surface area contributed by atoms with Gasteiger partial charge in [0.05, 0.1) is 0 Å². The first-order valence-corrected chi connectivity index (χ1v) is 8.05. The molecule has 1 N–H and O–H groups in total. The van der Waals surface area contributed by atoms with Gasteiger partial charge < -0.3 is 15.1 Å². The summed E-state index contributed by atoms with van der Waals surface area (Å²) in [5, 5.41) is 2.65. The largest absolute Gasteiger partial charge is 0.328 e. The van der Waals surface area contributed by atoms with Crippen LogP contribution in [0, 0.1) is 5.82 Å². The van der Waals surface area contributed by atoms with Gasteiger partial charge in [-0.15, -0.1) is 0 Å². The van der Waals surface area contributed by atoms with Crippen molar-refractivity contribution in [2.45, 2.75) is 6.54 Å². The van der Waals surface area contributed by atoms with Crippen LogP contribution in [0.4, 0.5) is 10.1 Å². The van der Waals surface area contributed by atoms with Crippen LogP contribution in [0.3, 0.4) is 0 Å². The summed E-state index contributed by atoms with van der Waals surface area (Å²) >= 11 is 0. The first-order valence-electron chi connectivity index (χ1n) is 8.05. The Kier molecular flexibility index (Phi) is 5.21. The monoisotopic (exact) mass is 356 g/mol. The number of aromatic nitrogens is 1.